The molecule has 15 heavy (non-hydrogen) atoms. The van der Waals surface area contributed by atoms with Gasteiger partial charge in [-0.1, -0.05) is 10.5 Å². The zero-order chi connectivity index (χ0) is 11.0. The Morgan fingerprint density at radius 1 is 1.40 bits per heavy atom. The minimum atomic E-state index is -1.11. The maximum Gasteiger partial charge on any atom is 0.357 e. The van der Waals surface area contributed by atoms with Gasteiger partial charge in [0.15, 0.2) is 0 Å². The average Bonchev–Trinajstić information content (AvgIpc) is 2.25. The Hall–Kier alpha value is -2.11. The predicted molar refractivity (Wildman–Crippen MR) is 51.9 cm³/mol. The second kappa shape index (κ2) is 3.23. The first-order valence-electron chi connectivity index (χ1n) is 4.13. The predicted octanol–water partition coefficient (Wildman–Crippen LogP) is 0.431. The number of hydrogen-bond donors (Lipinski definition) is 1. The fourth-order valence-corrected chi connectivity index (χ4v) is 1.39. The number of nitrogens with one attached hydrogen (secondary N) is 1. The van der Waals surface area contributed by atoms with Crippen LogP contribution in [0, 0.1) is 0 Å². The highest BCUT2D eigenvalue weighted by molar-refractivity contribution is 5.83. The molecular weight excluding hydrogens is 203 g/mol. The molecule has 0 bridgehead atoms. The highest BCUT2D eigenvalue weighted by atomic mass is 19.2. The number of aromatic amines is 1. The van der Waals surface area contributed by atoms with E-state index in [1.165, 1.54) is 19.2 Å². The van der Waals surface area contributed by atoms with E-state index in [2.05, 4.69) is 0 Å². The average molecular weight is 210 g/mol. The van der Waals surface area contributed by atoms with Crippen LogP contribution in [0.5, 0.6) is 5.75 Å². The number of ether oxygens (including phenoxy) is 1. The fraction of sp³-hybridized carbons (Fsp3) is 0.111. The second-order valence-electron chi connectivity index (χ2n) is 2.90. The number of hydrogen-bond acceptors (Lipinski definition) is 3. The molecule has 0 aliphatic rings. The van der Waals surface area contributed by atoms with Gasteiger partial charge in [0.25, 0.3) is 5.56 Å². The molecule has 1 aromatic carbocycles. The molecule has 0 spiro atoms. The summed E-state index contributed by atoms with van der Waals surface area (Å²) in [6.45, 7) is 0. The number of benzene rings is 1. The van der Waals surface area contributed by atoms with Gasteiger partial charge in [-0.3, -0.25) is 9.78 Å². The van der Waals surface area contributed by atoms with Gasteiger partial charge < -0.3 is 4.74 Å². The quantitative estimate of drug-likeness (QED) is 0.742. The summed E-state index contributed by atoms with van der Waals surface area (Å²) in [5.74, 6) is 0.137. The maximum atomic E-state index is 13.4. The third kappa shape index (κ3) is 1.30. The fourth-order valence-electron chi connectivity index (χ4n) is 1.39. The van der Waals surface area contributed by atoms with E-state index in [1.54, 1.807) is 6.07 Å². The molecule has 0 atom stereocenters. The van der Waals surface area contributed by atoms with Crippen LogP contribution in [0.3, 0.4) is 0 Å². The number of H-pyrrole nitrogens is 1. The summed E-state index contributed by atoms with van der Waals surface area (Å²) in [6, 6.07) is 4.42. The van der Waals surface area contributed by atoms with Gasteiger partial charge in [-0.2, -0.15) is 0 Å². The lowest BCUT2D eigenvalue weighted by Crippen LogP contribution is -2.26. The van der Waals surface area contributed by atoms with Crippen LogP contribution in [0.1, 0.15) is 0 Å². The van der Waals surface area contributed by atoms with Crippen molar-refractivity contribution in [1.29, 1.82) is 0 Å². The molecule has 0 saturated heterocycles. The molecule has 0 amide bonds. The van der Waals surface area contributed by atoms with Crippen LogP contribution in [0.4, 0.5) is 4.48 Å². The van der Waals surface area contributed by atoms with Crippen molar-refractivity contribution in [1.82, 2.24) is 9.77 Å². The molecule has 0 unspecified atom stereocenters. The van der Waals surface area contributed by atoms with E-state index in [-0.39, 0.29) is 21.4 Å². The minimum absolute atomic E-state index is 0.0662. The maximum absolute atomic E-state index is 13.4. The van der Waals surface area contributed by atoms with Crippen molar-refractivity contribution in [2.45, 2.75) is 0 Å². The number of aromatic nitrogens is 2. The first-order valence-corrected chi connectivity index (χ1v) is 4.13. The summed E-state index contributed by atoms with van der Waals surface area (Å²) in [5.41, 5.74) is -1.91. The molecule has 2 rings (SSSR count). The highest BCUT2D eigenvalue weighted by Gasteiger charge is 2.11. The topological polar surface area (TPSA) is 64.1 Å². The zero-order valence-corrected chi connectivity index (χ0v) is 7.78. The molecule has 0 fully saturated rings. The van der Waals surface area contributed by atoms with Gasteiger partial charge in [-0.25, -0.2) is 4.79 Å². The molecule has 1 N–H and O–H groups in total. The van der Waals surface area contributed by atoms with Crippen LogP contribution in [-0.4, -0.2) is 16.9 Å². The van der Waals surface area contributed by atoms with Gasteiger partial charge in [-0.05, 0) is 12.1 Å². The van der Waals surface area contributed by atoms with E-state index >= 15 is 0 Å². The number of halogens is 1. The first-order chi connectivity index (χ1) is 7.15. The molecule has 1 heterocycles. The summed E-state index contributed by atoms with van der Waals surface area (Å²) in [6.07, 6.45) is 0. The summed E-state index contributed by atoms with van der Waals surface area (Å²) in [4.78, 5) is 24.0. The minimum Gasteiger partial charge on any atom is -0.494 e. The molecule has 5 nitrogen and oxygen atoms in total. The van der Waals surface area contributed by atoms with Crippen molar-refractivity contribution in [3.63, 3.8) is 0 Å². The van der Waals surface area contributed by atoms with Gasteiger partial charge in [0.2, 0.25) is 0 Å². The van der Waals surface area contributed by atoms with Crippen LogP contribution < -0.4 is 16.0 Å². The Labute approximate surface area is 82.7 Å². The van der Waals surface area contributed by atoms with Crippen LogP contribution in [0.25, 0.3) is 10.9 Å². The van der Waals surface area contributed by atoms with Crippen molar-refractivity contribution in [3.8, 4) is 5.75 Å². The number of fused-ring (bicyclic) bond motifs is 1. The monoisotopic (exact) mass is 210 g/mol. The zero-order valence-electron chi connectivity index (χ0n) is 7.78. The van der Waals surface area contributed by atoms with Crippen molar-refractivity contribution >= 4 is 10.9 Å². The van der Waals surface area contributed by atoms with Crippen LogP contribution >= 0.6 is 0 Å². The smallest absolute Gasteiger partial charge is 0.357 e. The lowest BCUT2D eigenvalue weighted by molar-refractivity contribution is 0.351. The number of rotatable bonds is 1. The SMILES string of the molecule is COc1cccc2c(=O)[nH]c(=O)n(F)c12. The lowest BCUT2D eigenvalue weighted by atomic mass is 10.2. The van der Waals surface area contributed by atoms with Crippen molar-refractivity contribution in [2.24, 2.45) is 0 Å². The van der Waals surface area contributed by atoms with E-state index in [1.807, 2.05) is 4.98 Å². The molecule has 0 aliphatic heterocycles. The van der Waals surface area contributed by atoms with E-state index in [0.717, 1.165) is 0 Å². The lowest BCUT2D eigenvalue weighted by Gasteiger charge is -2.05. The van der Waals surface area contributed by atoms with Gasteiger partial charge in [-0.15, -0.1) is 4.79 Å². The summed E-state index contributed by atoms with van der Waals surface area (Å²) in [7, 11) is 1.33. The standard InChI is InChI=1S/C9H7FN2O3/c1-15-6-4-2-3-5-7(6)12(10)9(14)11-8(5)13/h2-4H,1H3,(H,11,13,14). The largest absolute Gasteiger partial charge is 0.494 e. The third-order valence-electron chi connectivity index (χ3n) is 2.06. The molecule has 78 valence electrons. The molecule has 0 aliphatic carbocycles. The van der Waals surface area contributed by atoms with Crippen molar-refractivity contribution in [3.05, 3.63) is 39.0 Å². The Morgan fingerprint density at radius 2 is 2.13 bits per heavy atom. The van der Waals surface area contributed by atoms with E-state index in [0.29, 0.717) is 0 Å². The number of nitrogens with zero attached hydrogens (tertiary/aromatic N) is 1. The molecular formula is C9H7FN2O3. The molecule has 6 heteroatoms. The summed E-state index contributed by atoms with van der Waals surface area (Å²) < 4.78 is 18.2. The van der Waals surface area contributed by atoms with E-state index in [4.69, 9.17) is 4.74 Å². The molecule has 1 aromatic heterocycles. The molecule has 2 aromatic rings. The van der Waals surface area contributed by atoms with E-state index < -0.39 is 11.2 Å². The Kier molecular flexibility index (Phi) is 2.03. The normalized spacial score (nSPS) is 10.5. The van der Waals surface area contributed by atoms with Crippen LogP contribution in [0.15, 0.2) is 27.8 Å². The Morgan fingerprint density at radius 3 is 2.80 bits per heavy atom. The van der Waals surface area contributed by atoms with Gasteiger partial charge in [0.1, 0.15) is 11.3 Å². The number of para-hydroxylation sites is 1. The third-order valence-corrected chi connectivity index (χ3v) is 2.06. The van der Waals surface area contributed by atoms with Crippen LogP contribution in [0.2, 0.25) is 0 Å². The summed E-state index contributed by atoms with van der Waals surface area (Å²) in [5, 5.41) is 0.0662. The summed E-state index contributed by atoms with van der Waals surface area (Å²) >= 11 is 0. The Balaban J connectivity index is 3.10. The van der Waals surface area contributed by atoms with Gasteiger partial charge >= 0.3 is 5.69 Å². The van der Waals surface area contributed by atoms with Crippen molar-refractivity contribution in [2.75, 3.05) is 7.11 Å². The second-order valence-corrected chi connectivity index (χ2v) is 2.90. The Bertz CT molecular complexity index is 629. The van der Waals surface area contributed by atoms with E-state index in [9.17, 15) is 14.1 Å². The highest BCUT2D eigenvalue weighted by Crippen LogP contribution is 2.21. The molecule has 0 radical (unpaired) electrons. The van der Waals surface area contributed by atoms with Gasteiger partial charge in [0, 0.05) is 0 Å². The first kappa shape index (κ1) is 9.45. The van der Waals surface area contributed by atoms with Gasteiger partial charge in [0.05, 0.1) is 12.5 Å². The van der Waals surface area contributed by atoms with Crippen molar-refractivity contribution < 1.29 is 9.22 Å². The molecule has 0 saturated carbocycles. The van der Waals surface area contributed by atoms with Crippen LogP contribution in [-0.2, 0) is 0 Å². The number of methoxy groups -OCH3 is 1.